The zero-order valence-electron chi connectivity index (χ0n) is 10.7. The summed E-state index contributed by atoms with van der Waals surface area (Å²) in [7, 11) is -3.63. The van der Waals surface area contributed by atoms with E-state index in [1.807, 2.05) is 0 Å². The Morgan fingerprint density at radius 2 is 2.05 bits per heavy atom. The topological polar surface area (TPSA) is 79.0 Å². The molecule has 0 spiro atoms. The van der Waals surface area contributed by atoms with Crippen molar-refractivity contribution in [2.24, 2.45) is 5.41 Å². The van der Waals surface area contributed by atoms with Crippen molar-refractivity contribution in [1.29, 1.82) is 0 Å². The van der Waals surface area contributed by atoms with Crippen molar-refractivity contribution in [3.63, 3.8) is 0 Å². The Hall–Kier alpha value is -0.850. The number of pyridine rings is 1. The van der Waals surface area contributed by atoms with Crippen LogP contribution < -0.4 is 10.3 Å². The van der Waals surface area contributed by atoms with Crippen LogP contribution in [-0.2, 0) is 10.0 Å². The van der Waals surface area contributed by atoms with Crippen LogP contribution in [0, 0.1) is 5.41 Å². The van der Waals surface area contributed by atoms with Gasteiger partial charge in [0.15, 0.2) is 0 Å². The molecule has 0 aromatic carbocycles. The quantitative estimate of drug-likeness (QED) is 0.891. The number of sulfonamides is 1. The molecule has 1 aromatic heterocycles. The summed E-state index contributed by atoms with van der Waals surface area (Å²) >= 11 is 5.64. The monoisotopic (exact) mass is 304 g/mol. The van der Waals surface area contributed by atoms with E-state index in [1.165, 1.54) is 6.07 Å². The van der Waals surface area contributed by atoms with Gasteiger partial charge in [0.1, 0.15) is 5.02 Å². The van der Waals surface area contributed by atoms with Gasteiger partial charge in [-0.05, 0) is 24.3 Å². The minimum Gasteiger partial charge on any atom is -0.326 e. The Bertz CT molecular complexity index is 618. The normalized spacial score (nSPS) is 18.6. The fraction of sp³-hybridized carbons (Fsp3) is 0.583. The van der Waals surface area contributed by atoms with Gasteiger partial charge in [0.25, 0.3) is 5.56 Å². The minimum atomic E-state index is -3.63. The molecule has 1 heterocycles. The van der Waals surface area contributed by atoms with Gasteiger partial charge in [-0.2, -0.15) is 0 Å². The zero-order chi connectivity index (χ0) is 14.1. The lowest BCUT2D eigenvalue weighted by Gasteiger charge is -2.23. The van der Waals surface area contributed by atoms with Gasteiger partial charge in [-0.3, -0.25) is 4.79 Å². The second kappa shape index (κ2) is 5.26. The zero-order valence-corrected chi connectivity index (χ0v) is 12.3. The largest absolute Gasteiger partial charge is 0.326 e. The summed E-state index contributed by atoms with van der Waals surface area (Å²) < 4.78 is 26.8. The van der Waals surface area contributed by atoms with E-state index < -0.39 is 15.6 Å². The second-order valence-corrected chi connectivity index (χ2v) is 7.53. The lowest BCUT2D eigenvalue weighted by Crippen LogP contribution is -2.34. The molecule has 106 valence electrons. The second-order valence-electron chi connectivity index (χ2n) is 5.35. The summed E-state index contributed by atoms with van der Waals surface area (Å²) in [6.07, 6.45) is 5.50. The van der Waals surface area contributed by atoms with E-state index in [0.717, 1.165) is 31.9 Å². The summed E-state index contributed by atoms with van der Waals surface area (Å²) in [5.41, 5.74) is -0.470. The van der Waals surface area contributed by atoms with E-state index in [1.54, 1.807) is 0 Å². The summed E-state index contributed by atoms with van der Waals surface area (Å²) in [6.45, 7) is 2.49. The molecule has 1 saturated carbocycles. The van der Waals surface area contributed by atoms with Gasteiger partial charge in [-0.1, -0.05) is 31.4 Å². The number of H-pyrrole nitrogens is 1. The maximum atomic E-state index is 12.1. The van der Waals surface area contributed by atoms with Crippen LogP contribution in [0.3, 0.4) is 0 Å². The fourth-order valence-corrected chi connectivity index (χ4v) is 3.78. The number of nitrogens with one attached hydrogen (secondary N) is 2. The molecule has 0 radical (unpaired) electrons. The molecule has 7 heteroatoms. The third-order valence-corrected chi connectivity index (χ3v) is 5.30. The number of hydrogen-bond donors (Lipinski definition) is 2. The van der Waals surface area contributed by atoms with Crippen molar-refractivity contribution < 1.29 is 8.42 Å². The average molecular weight is 305 g/mol. The van der Waals surface area contributed by atoms with Gasteiger partial charge in [-0.25, -0.2) is 13.1 Å². The molecule has 0 saturated heterocycles. The van der Waals surface area contributed by atoms with Crippen molar-refractivity contribution in [2.75, 3.05) is 6.54 Å². The summed E-state index contributed by atoms with van der Waals surface area (Å²) in [5, 5.41) is -0.130. The molecule has 0 aliphatic heterocycles. The van der Waals surface area contributed by atoms with Gasteiger partial charge < -0.3 is 4.98 Å². The van der Waals surface area contributed by atoms with Gasteiger partial charge in [-0.15, -0.1) is 0 Å². The van der Waals surface area contributed by atoms with E-state index in [0.29, 0.717) is 6.54 Å². The first-order valence-electron chi connectivity index (χ1n) is 6.20. The molecule has 0 amide bonds. The van der Waals surface area contributed by atoms with Crippen LogP contribution in [0.2, 0.25) is 5.02 Å². The van der Waals surface area contributed by atoms with E-state index in [-0.39, 0.29) is 15.3 Å². The minimum absolute atomic E-state index is 0.0151. The Morgan fingerprint density at radius 1 is 1.42 bits per heavy atom. The van der Waals surface area contributed by atoms with Crippen molar-refractivity contribution >= 4 is 21.6 Å². The Labute approximate surface area is 117 Å². The average Bonchev–Trinajstić information content (AvgIpc) is 2.78. The van der Waals surface area contributed by atoms with Crippen molar-refractivity contribution in [2.45, 2.75) is 37.5 Å². The number of aromatic amines is 1. The fourth-order valence-electron chi connectivity index (χ4n) is 2.35. The van der Waals surface area contributed by atoms with Crippen LogP contribution in [-0.4, -0.2) is 19.9 Å². The maximum Gasteiger partial charge on any atom is 0.266 e. The summed E-state index contributed by atoms with van der Waals surface area (Å²) in [4.78, 5) is 13.4. The molecule has 5 nitrogen and oxygen atoms in total. The molecule has 2 rings (SSSR count). The molecule has 1 aromatic rings. The smallest absolute Gasteiger partial charge is 0.266 e. The van der Waals surface area contributed by atoms with Crippen LogP contribution in [0.1, 0.15) is 32.6 Å². The molecule has 1 aliphatic rings. The molecule has 0 atom stereocenters. The van der Waals surface area contributed by atoms with Gasteiger partial charge in [0.05, 0.1) is 4.90 Å². The first-order chi connectivity index (χ1) is 8.82. The molecule has 0 unspecified atom stereocenters. The number of hydrogen-bond acceptors (Lipinski definition) is 3. The van der Waals surface area contributed by atoms with Gasteiger partial charge >= 0.3 is 0 Å². The van der Waals surface area contributed by atoms with E-state index in [9.17, 15) is 13.2 Å². The van der Waals surface area contributed by atoms with Crippen molar-refractivity contribution in [3.05, 3.63) is 27.6 Å². The first kappa shape index (κ1) is 14.6. The van der Waals surface area contributed by atoms with E-state index in [2.05, 4.69) is 16.6 Å². The SMILES string of the molecule is CC1(CNS(=O)(=O)c2c[nH]c(=O)c(Cl)c2)CCCC1. The lowest BCUT2D eigenvalue weighted by atomic mass is 9.89. The molecule has 1 aliphatic carbocycles. The lowest BCUT2D eigenvalue weighted by molar-refractivity contribution is 0.336. The maximum absolute atomic E-state index is 12.1. The van der Waals surface area contributed by atoms with Crippen molar-refractivity contribution in [3.8, 4) is 0 Å². The summed E-state index contributed by atoms with van der Waals surface area (Å²) in [6, 6.07) is 1.17. The highest BCUT2D eigenvalue weighted by Gasteiger charge is 2.30. The third kappa shape index (κ3) is 3.38. The van der Waals surface area contributed by atoms with Crippen LogP contribution in [0.25, 0.3) is 0 Å². The van der Waals surface area contributed by atoms with Crippen LogP contribution in [0.15, 0.2) is 22.0 Å². The predicted octanol–water partition coefficient (Wildman–Crippen LogP) is 1.89. The predicted molar refractivity (Wildman–Crippen MR) is 73.8 cm³/mol. The van der Waals surface area contributed by atoms with Gasteiger partial charge in [0.2, 0.25) is 10.0 Å². The Balaban J connectivity index is 2.13. The van der Waals surface area contributed by atoms with E-state index >= 15 is 0 Å². The van der Waals surface area contributed by atoms with E-state index in [4.69, 9.17) is 11.6 Å². The third-order valence-electron chi connectivity index (χ3n) is 3.64. The first-order valence-corrected chi connectivity index (χ1v) is 8.06. The van der Waals surface area contributed by atoms with Crippen molar-refractivity contribution in [1.82, 2.24) is 9.71 Å². The Kier molecular flexibility index (Phi) is 4.03. The highest BCUT2D eigenvalue weighted by atomic mass is 35.5. The van der Waals surface area contributed by atoms with Crippen LogP contribution >= 0.6 is 11.6 Å². The molecular weight excluding hydrogens is 288 g/mol. The molecular formula is C12H17ClN2O3S. The molecule has 19 heavy (non-hydrogen) atoms. The molecule has 1 fully saturated rings. The number of aromatic nitrogens is 1. The standard InChI is InChI=1S/C12H17ClN2O3S/c1-12(4-2-3-5-12)8-15-19(17,18)9-6-10(13)11(16)14-7-9/h6-7,15H,2-5,8H2,1H3,(H,14,16). The van der Waals surface area contributed by atoms with Gasteiger partial charge in [0, 0.05) is 12.7 Å². The van der Waals surface area contributed by atoms with Crippen LogP contribution in [0.5, 0.6) is 0 Å². The van der Waals surface area contributed by atoms with Crippen LogP contribution in [0.4, 0.5) is 0 Å². The highest BCUT2D eigenvalue weighted by molar-refractivity contribution is 7.89. The number of halogens is 1. The number of rotatable bonds is 4. The molecule has 2 N–H and O–H groups in total. The summed E-state index contributed by atoms with van der Waals surface area (Å²) in [5.74, 6) is 0. The Morgan fingerprint density at radius 3 is 2.63 bits per heavy atom. The molecule has 0 bridgehead atoms. The highest BCUT2D eigenvalue weighted by Crippen LogP contribution is 2.36.